The molecule has 1 aromatic carbocycles. The van der Waals surface area contributed by atoms with Gasteiger partial charge in [0.25, 0.3) is 0 Å². The van der Waals surface area contributed by atoms with Crippen LogP contribution in [0, 0.1) is 6.92 Å². The Hall–Kier alpha value is -1.06. The highest BCUT2D eigenvalue weighted by Crippen LogP contribution is 2.27. The molecule has 0 amide bonds. The zero-order chi connectivity index (χ0) is 14.6. The molecule has 0 saturated carbocycles. The number of anilines is 1. The monoisotopic (exact) mass is 276 g/mol. The van der Waals surface area contributed by atoms with E-state index in [9.17, 15) is 5.11 Å². The molecule has 1 aromatic rings. The van der Waals surface area contributed by atoms with E-state index in [-0.39, 0.29) is 0 Å². The highest BCUT2D eigenvalue weighted by molar-refractivity contribution is 5.51. The van der Waals surface area contributed by atoms with Crippen molar-refractivity contribution in [2.24, 2.45) is 0 Å². The Labute approximate surface area is 123 Å². The molecule has 0 unspecified atom stereocenters. The molecule has 0 radical (unpaired) electrons. The molecule has 2 N–H and O–H groups in total. The molecule has 1 aliphatic heterocycles. The maximum absolute atomic E-state index is 10.0. The minimum absolute atomic E-state index is 0.477. The smallest absolute Gasteiger partial charge is 0.0653 e. The molecule has 1 heterocycles. The first-order chi connectivity index (χ1) is 9.52. The SMILES string of the molecule is CCCNCc1ccc(N2CCC(C)(O)CC2)cc1C. The van der Waals surface area contributed by atoms with E-state index in [2.05, 4.69) is 42.3 Å². The summed E-state index contributed by atoms with van der Waals surface area (Å²) in [6.07, 6.45) is 2.88. The number of nitrogens with zero attached hydrogens (tertiary/aromatic N) is 1. The number of nitrogens with one attached hydrogen (secondary N) is 1. The van der Waals surface area contributed by atoms with Crippen LogP contribution < -0.4 is 10.2 Å². The van der Waals surface area contributed by atoms with Crippen LogP contribution in [0.15, 0.2) is 18.2 Å². The van der Waals surface area contributed by atoms with Gasteiger partial charge in [-0.1, -0.05) is 13.0 Å². The molecule has 0 bridgehead atoms. The third-order valence-corrected chi connectivity index (χ3v) is 4.27. The van der Waals surface area contributed by atoms with E-state index in [0.717, 1.165) is 39.0 Å². The van der Waals surface area contributed by atoms with Crippen molar-refractivity contribution in [1.29, 1.82) is 0 Å². The van der Waals surface area contributed by atoms with Crippen molar-refractivity contribution in [3.05, 3.63) is 29.3 Å². The average Bonchev–Trinajstić information content (AvgIpc) is 2.41. The molecule has 1 fully saturated rings. The van der Waals surface area contributed by atoms with Crippen LogP contribution in [0.5, 0.6) is 0 Å². The number of hydrogen-bond acceptors (Lipinski definition) is 3. The number of rotatable bonds is 5. The van der Waals surface area contributed by atoms with Crippen molar-refractivity contribution in [1.82, 2.24) is 5.32 Å². The molecule has 0 aliphatic carbocycles. The minimum Gasteiger partial charge on any atom is -0.390 e. The molecule has 1 saturated heterocycles. The van der Waals surface area contributed by atoms with Gasteiger partial charge in [-0.25, -0.2) is 0 Å². The second kappa shape index (κ2) is 6.59. The lowest BCUT2D eigenvalue weighted by Crippen LogP contribution is -2.42. The third kappa shape index (κ3) is 3.97. The summed E-state index contributed by atoms with van der Waals surface area (Å²) in [4.78, 5) is 2.38. The van der Waals surface area contributed by atoms with Gasteiger partial charge in [-0.2, -0.15) is 0 Å². The summed E-state index contributed by atoms with van der Waals surface area (Å²) < 4.78 is 0. The molecule has 2 rings (SSSR count). The van der Waals surface area contributed by atoms with E-state index in [0.29, 0.717) is 0 Å². The first-order valence-electron chi connectivity index (χ1n) is 7.79. The first-order valence-corrected chi connectivity index (χ1v) is 7.79. The molecule has 1 aliphatic rings. The van der Waals surface area contributed by atoms with Crippen LogP contribution in [0.1, 0.15) is 44.2 Å². The van der Waals surface area contributed by atoms with Crippen molar-refractivity contribution >= 4 is 5.69 Å². The van der Waals surface area contributed by atoms with Gasteiger partial charge in [0.15, 0.2) is 0 Å². The van der Waals surface area contributed by atoms with Gasteiger partial charge < -0.3 is 15.3 Å². The van der Waals surface area contributed by atoms with E-state index in [1.807, 2.05) is 6.92 Å². The molecule has 3 nitrogen and oxygen atoms in total. The van der Waals surface area contributed by atoms with E-state index in [1.54, 1.807) is 0 Å². The van der Waals surface area contributed by atoms with Crippen LogP contribution in [-0.4, -0.2) is 30.3 Å². The number of aliphatic hydroxyl groups is 1. The van der Waals surface area contributed by atoms with Crippen molar-refractivity contribution < 1.29 is 5.11 Å². The number of aryl methyl sites for hydroxylation is 1. The lowest BCUT2D eigenvalue weighted by atomic mass is 9.93. The van der Waals surface area contributed by atoms with Crippen molar-refractivity contribution in [3.8, 4) is 0 Å². The second-order valence-electron chi connectivity index (χ2n) is 6.27. The van der Waals surface area contributed by atoms with Crippen LogP contribution in [-0.2, 0) is 6.54 Å². The fourth-order valence-electron chi connectivity index (χ4n) is 2.72. The first kappa shape index (κ1) is 15.3. The lowest BCUT2D eigenvalue weighted by molar-refractivity contribution is 0.0351. The average molecular weight is 276 g/mol. The Morgan fingerprint density at radius 2 is 2.00 bits per heavy atom. The van der Waals surface area contributed by atoms with Gasteiger partial charge in [0.2, 0.25) is 0 Å². The largest absolute Gasteiger partial charge is 0.390 e. The predicted molar refractivity (Wildman–Crippen MR) is 85.2 cm³/mol. The molecule has 3 heteroatoms. The van der Waals surface area contributed by atoms with E-state index in [1.165, 1.54) is 23.2 Å². The Morgan fingerprint density at radius 1 is 1.30 bits per heavy atom. The Bertz CT molecular complexity index is 433. The zero-order valence-electron chi connectivity index (χ0n) is 13.1. The third-order valence-electron chi connectivity index (χ3n) is 4.27. The highest BCUT2D eigenvalue weighted by atomic mass is 16.3. The Kier molecular flexibility index (Phi) is 5.06. The molecule has 0 spiro atoms. The van der Waals surface area contributed by atoms with Gasteiger partial charge in [-0.05, 0) is 62.9 Å². The van der Waals surface area contributed by atoms with E-state index < -0.39 is 5.60 Å². The quantitative estimate of drug-likeness (QED) is 0.812. The number of hydrogen-bond donors (Lipinski definition) is 2. The summed E-state index contributed by atoms with van der Waals surface area (Å²) in [5.41, 5.74) is 3.54. The van der Waals surface area contributed by atoms with Crippen LogP contribution in [0.4, 0.5) is 5.69 Å². The summed E-state index contributed by atoms with van der Waals surface area (Å²) in [5, 5.41) is 13.5. The van der Waals surface area contributed by atoms with Crippen LogP contribution in [0.3, 0.4) is 0 Å². The second-order valence-corrected chi connectivity index (χ2v) is 6.27. The van der Waals surface area contributed by atoms with Crippen molar-refractivity contribution in [3.63, 3.8) is 0 Å². The van der Waals surface area contributed by atoms with Crippen molar-refractivity contribution in [2.45, 2.75) is 52.2 Å². The molecule has 0 aromatic heterocycles. The predicted octanol–water partition coefficient (Wildman–Crippen LogP) is 2.85. The Morgan fingerprint density at radius 3 is 2.60 bits per heavy atom. The van der Waals surface area contributed by atoms with Gasteiger partial charge >= 0.3 is 0 Å². The summed E-state index contributed by atoms with van der Waals surface area (Å²) in [7, 11) is 0. The summed E-state index contributed by atoms with van der Waals surface area (Å²) in [6.45, 7) is 10.2. The Balaban J connectivity index is 1.98. The maximum Gasteiger partial charge on any atom is 0.0653 e. The summed E-state index contributed by atoms with van der Waals surface area (Å²) >= 11 is 0. The fourth-order valence-corrected chi connectivity index (χ4v) is 2.72. The van der Waals surface area contributed by atoms with Gasteiger partial charge in [-0.3, -0.25) is 0 Å². The van der Waals surface area contributed by atoms with Gasteiger partial charge in [0, 0.05) is 25.3 Å². The van der Waals surface area contributed by atoms with Gasteiger partial charge in [-0.15, -0.1) is 0 Å². The molecular formula is C17H28N2O. The zero-order valence-corrected chi connectivity index (χ0v) is 13.1. The van der Waals surface area contributed by atoms with Crippen LogP contribution >= 0.6 is 0 Å². The standard InChI is InChI=1S/C17H28N2O/c1-4-9-18-13-15-5-6-16(12-14(15)2)19-10-7-17(3,20)8-11-19/h5-6,12,18,20H,4,7-11,13H2,1-3H3. The minimum atomic E-state index is -0.477. The van der Waals surface area contributed by atoms with Gasteiger partial charge in [0.05, 0.1) is 5.60 Å². The number of benzene rings is 1. The molecular weight excluding hydrogens is 248 g/mol. The van der Waals surface area contributed by atoms with Crippen LogP contribution in [0.25, 0.3) is 0 Å². The highest BCUT2D eigenvalue weighted by Gasteiger charge is 2.27. The van der Waals surface area contributed by atoms with E-state index in [4.69, 9.17) is 0 Å². The van der Waals surface area contributed by atoms with Crippen LogP contribution in [0.2, 0.25) is 0 Å². The molecule has 0 atom stereocenters. The number of piperidine rings is 1. The van der Waals surface area contributed by atoms with Gasteiger partial charge in [0.1, 0.15) is 0 Å². The maximum atomic E-state index is 10.0. The molecule has 112 valence electrons. The fraction of sp³-hybridized carbons (Fsp3) is 0.647. The molecule has 20 heavy (non-hydrogen) atoms. The lowest BCUT2D eigenvalue weighted by Gasteiger charge is -2.37. The summed E-state index contributed by atoms with van der Waals surface area (Å²) in [6, 6.07) is 6.74. The topological polar surface area (TPSA) is 35.5 Å². The van der Waals surface area contributed by atoms with Crippen molar-refractivity contribution in [2.75, 3.05) is 24.5 Å². The normalized spacial score (nSPS) is 18.3. The summed E-state index contributed by atoms with van der Waals surface area (Å²) in [5.74, 6) is 0. The van der Waals surface area contributed by atoms with E-state index >= 15 is 0 Å².